The van der Waals surface area contributed by atoms with Gasteiger partial charge in [0, 0.05) is 35.8 Å². The number of piperidine rings is 1. The molecular formula is C30H38N8O2. The van der Waals surface area contributed by atoms with Crippen molar-refractivity contribution < 1.29 is 4.74 Å². The number of nitrogens with zero attached hydrogens (tertiary/aromatic N) is 5. The second kappa shape index (κ2) is 12.4. The lowest BCUT2D eigenvalue weighted by Gasteiger charge is -2.39. The van der Waals surface area contributed by atoms with Crippen LogP contribution in [-0.4, -0.2) is 54.6 Å². The second-order valence-electron chi connectivity index (χ2n) is 10.8. The van der Waals surface area contributed by atoms with Gasteiger partial charge in [0.1, 0.15) is 18.2 Å². The van der Waals surface area contributed by atoms with Crippen LogP contribution in [0.2, 0.25) is 0 Å². The van der Waals surface area contributed by atoms with E-state index in [1.807, 2.05) is 41.0 Å². The number of benzene rings is 2. The smallest absolute Gasteiger partial charge is 0.258 e. The monoisotopic (exact) mass is 542 g/mol. The molecule has 40 heavy (non-hydrogen) atoms. The van der Waals surface area contributed by atoms with Crippen LogP contribution >= 0.6 is 0 Å². The molecule has 2 atom stereocenters. The summed E-state index contributed by atoms with van der Waals surface area (Å²) in [5.74, 6) is 1.14. The zero-order chi connectivity index (χ0) is 28.1. The van der Waals surface area contributed by atoms with E-state index in [9.17, 15) is 4.79 Å². The number of fused-ring (bicyclic) bond motifs is 1. The fourth-order valence-electron chi connectivity index (χ4n) is 5.77. The maximum atomic E-state index is 13.9. The normalized spacial score (nSPS) is 17.8. The Morgan fingerprint density at radius 3 is 2.62 bits per heavy atom. The third kappa shape index (κ3) is 6.22. The van der Waals surface area contributed by atoms with Crippen LogP contribution in [0.4, 0.5) is 0 Å². The van der Waals surface area contributed by atoms with Gasteiger partial charge in [-0.05, 0) is 91.7 Å². The van der Waals surface area contributed by atoms with E-state index in [1.165, 1.54) is 19.3 Å². The molecule has 3 heterocycles. The number of aromatic nitrogens is 5. The quantitative estimate of drug-likeness (QED) is 0.144. The number of H-pyrrole nitrogens is 1. The van der Waals surface area contributed by atoms with Crippen LogP contribution in [0.1, 0.15) is 63.8 Å². The van der Waals surface area contributed by atoms with E-state index in [-0.39, 0.29) is 18.0 Å². The van der Waals surface area contributed by atoms with Gasteiger partial charge in [-0.1, -0.05) is 31.0 Å². The number of hydrogen-bond donors (Lipinski definition) is 3. The first-order valence-electron chi connectivity index (χ1n) is 14.1. The predicted octanol–water partition coefficient (Wildman–Crippen LogP) is 4.48. The highest BCUT2D eigenvalue weighted by Gasteiger charge is 2.23. The lowest BCUT2D eigenvalue weighted by Crippen LogP contribution is -2.44. The van der Waals surface area contributed by atoms with Crippen LogP contribution < -0.4 is 16.0 Å². The molecule has 0 radical (unpaired) electrons. The fourth-order valence-corrected chi connectivity index (χ4v) is 5.77. The number of aryl methyl sites for hydroxylation is 1. The SMILES string of the molecule is C[C@@H]1CCC[C@H](C)N1CCCCCn1c(=O)c(-c2cccc(C(=N)N)c2)cc2ccc(OCc3nnn[nH]3)cc21. The Morgan fingerprint density at radius 1 is 1.07 bits per heavy atom. The molecule has 1 aliphatic rings. The Morgan fingerprint density at radius 2 is 1.88 bits per heavy atom. The molecular weight excluding hydrogens is 504 g/mol. The summed E-state index contributed by atoms with van der Waals surface area (Å²) in [6, 6.07) is 16.3. The third-order valence-electron chi connectivity index (χ3n) is 7.99. The molecule has 0 bridgehead atoms. The molecule has 0 saturated carbocycles. The Labute approximate surface area is 234 Å². The summed E-state index contributed by atoms with van der Waals surface area (Å²) >= 11 is 0. The van der Waals surface area contributed by atoms with E-state index >= 15 is 0 Å². The minimum absolute atomic E-state index is 0.0240. The summed E-state index contributed by atoms with van der Waals surface area (Å²) in [5.41, 5.74) is 8.42. The number of aromatic amines is 1. The van der Waals surface area contributed by atoms with Crippen LogP contribution in [-0.2, 0) is 13.2 Å². The number of unbranched alkanes of at least 4 members (excludes halogenated alkanes) is 2. The molecule has 1 fully saturated rings. The van der Waals surface area contributed by atoms with Crippen molar-refractivity contribution >= 4 is 16.7 Å². The summed E-state index contributed by atoms with van der Waals surface area (Å²) in [5, 5.41) is 22.5. The molecule has 1 saturated heterocycles. The average Bonchev–Trinajstić information content (AvgIpc) is 3.48. The van der Waals surface area contributed by atoms with Gasteiger partial charge < -0.3 is 15.0 Å². The zero-order valence-electron chi connectivity index (χ0n) is 23.3. The van der Waals surface area contributed by atoms with Crippen LogP contribution in [0, 0.1) is 5.41 Å². The fraction of sp³-hybridized carbons (Fsp3) is 0.433. The molecule has 10 nitrogen and oxygen atoms in total. The summed E-state index contributed by atoms with van der Waals surface area (Å²) in [4.78, 5) is 16.6. The Bertz CT molecular complexity index is 1500. The second-order valence-corrected chi connectivity index (χ2v) is 10.8. The lowest BCUT2D eigenvalue weighted by atomic mass is 9.97. The zero-order valence-corrected chi connectivity index (χ0v) is 23.3. The number of tetrazole rings is 1. The van der Waals surface area contributed by atoms with E-state index in [0.29, 0.717) is 41.3 Å². The van der Waals surface area contributed by atoms with Crippen molar-refractivity contribution in [2.75, 3.05) is 6.54 Å². The molecule has 2 aromatic carbocycles. The van der Waals surface area contributed by atoms with Gasteiger partial charge >= 0.3 is 0 Å². The van der Waals surface area contributed by atoms with Gasteiger partial charge in [0.05, 0.1) is 5.52 Å². The maximum Gasteiger partial charge on any atom is 0.258 e. The van der Waals surface area contributed by atoms with Crippen LogP contribution in [0.15, 0.2) is 53.3 Å². The summed E-state index contributed by atoms with van der Waals surface area (Å²) in [6.45, 7) is 6.59. The molecule has 0 amide bonds. The molecule has 2 aromatic heterocycles. The molecule has 0 spiro atoms. The molecule has 5 rings (SSSR count). The molecule has 1 aliphatic heterocycles. The van der Waals surface area contributed by atoms with Crippen molar-refractivity contribution in [1.29, 1.82) is 5.41 Å². The van der Waals surface area contributed by atoms with Gasteiger partial charge in [0.2, 0.25) is 0 Å². The van der Waals surface area contributed by atoms with Gasteiger partial charge in [0.25, 0.3) is 5.56 Å². The first kappa shape index (κ1) is 27.5. The molecule has 10 heteroatoms. The van der Waals surface area contributed by atoms with E-state index in [1.54, 1.807) is 12.1 Å². The van der Waals surface area contributed by atoms with Gasteiger partial charge in [-0.15, -0.1) is 5.10 Å². The summed E-state index contributed by atoms with van der Waals surface area (Å²) in [6.07, 6.45) is 6.93. The highest BCUT2D eigenvalue weighted by Crippen LogP contribution is 2.27. The van der Waals surface area contributed by atoms with Crippen molar-refractivity contribution in [2.45, 2.75) is 77.6 Å². The number of nitrogens with one attached hydrogen (secondary N) is 2. The third-order valence-corrected chi connectivity index (χ3v) is 7.99. The Balaban J connectivity index is 1.40. The lowest BCUT2D eigenvalue weighted by molar-refractivity contribution is 0.101. The number of rotatable bonds is 11. The number of ether oxygens (including phenoxy) is 1. The van der Waals surface area contributed by atoms with Crippen molar-refractivity contribution in [2.24, 2.45) is 5.73 Å². The number of amidine groups is 1. The standard InChI is InChI=1S/C30H38N8O2/c1-20-8-6-9-21(2)37(20)14-4-3-5-15-38-27-18-25(40-19-28-33-35-36-34-28)13-12-23(27)17-26(30(38)39)22-10-7-11-24(16-22)29(31)32/h7,10-13,16-18,20-21H,3-6,8-9,14-15,19H2,1-2H3,(H3,31,32)(H,33,34,35,36)/t20-,21+. The number of hydrogen-bond acceptors (Lipinski definition) is 7. The largest absolute Gasteiger partial charge is 0.485 e. The van der Waals surface area contributed by atoms with Gasteiger partial charge in [-0.3, -0.25) is 15.1 Å². The van der Waals surface area contributed by atoms with Crippen molar-refractivity contribution in [1.82, 2.24) is 30.1 Å². The van der Waals surface area contributed by atoms with E-state index < -0.39 is 0 Å². The minimum Gasteiger partial charge on any atom is -0.485 e. The first-order valence-corrected chi connectivity index (χ1v) is 14.1. The van der Waals surface area contributed by atoms with E-state index in [2.05, 4.69) is 39.4 Å². The van der Waals surface area contributed by atoms with E-state index in [4.69, 9.17) is 15.9 Å². The minimum atomic E-state index is -0.0666. The number of likely N-dealkylation sites (tertiary alicyclic amines) is 1. The van der Waals surface area contributed by atoms with E-state index in [0.717, 1.165) is 42.3 Å². The number of pyridine rings is 1. The molecule has 4 aromatic rings. The maximum absolute atomic E-state index is 13.9. The highest BCUT2D eigenvalue weighted by atomic mass is 16.5. The van der Waals surface area contributed by atoms with Crippen molar-refractivity contribution in [3.05, 3.63) is 70.3 Å². The van der Waals surface area contributed by atoms with Crippen LogP contribution in [0.5, 0.6) is 5.75 Å². The Kier molecular flexibility index (Phi) is 8.54. The summed E-state index contributed by atoms with van der Waals surface area (Å²) in [7, 11) is 0. The molecule has 210 valence electrons. The van der Waals surface area contributed by atoms with Gasteiger partial charge in [-0.2, -0.15) is 0 Å². The molecule has 4 N–H and O–H groups in total. The molecule has 0 aliphatic carbocycles. The average molecular weight is 543 g/mol. The Hall–Kier alpha value is -4.05. The topological polar surface area (TPSA) is 139 Å². The van der Waals surface area contributed by atoms with Crippen LogP contribution in [0.25, 0.3) is 22.0 Å². The molecule has 0 unspecified atom stereocenters. The predicted molar refractivity (Wildman–Crippen MR) is 157 cm³/mol. The van der Waals surface area contributed by atoms with Crippen molar-refractivity contribution in [3.8, 4) is 16.9 Å². The number of nitrogen functional groups attached to an aromatic ring is 1. The highest BCUT2D eigenvalue weighted by molar-refractivity contribution is 5.96. The van der Waals surface area contributed by atoms with Gasteiger partial charge in [-0.25, -0.2) is 5.10 Å². The van der Waals surface area contributed by atoms with Crippen LogP contribution in [0.3, 0.4) is 0 Å². The first-order chi connectivity index (χ1) is 19.4. The van der Waals surface area contributed by atoms with Gasteiger partial charge in [0.15, 0.2) is 5.82 Å². The summed E-state index contributed by atoms with van der Waals surface area (Å²) < 4.78 is 7.77. The van der Waals surface area contributed by atoms with Crippen molar-refractivity contribution in [3.63, 3.8) is 0 Å². The number of nitrogens with two attached hydrogens (primary N) is 1.